The molecular weight excluding hydrogens is 362 g/mol. The molecule has 1 aromatic heterocycles. The lowest BCUT2D eigenvalue weighted by atomic mass is 9.82. The van der Waals surface area contributed by atoms with Gasteiger partial charge in [-0.05, 0) is 12.8 Å². The van der Waals surface area contributed by atoms with Gasteiger partial charge in [0.15, 0.2) is 0 Å². The molecule has 2 unspecified atom stereocenters. The summed E-state index contributed by atoms with van der Waals surface area (Å²) in [6.07, 6.45) is 3.52. The van der Waals surface area contributed by atoms with Crippen molar-refractivity contribution in [2.45, 2.75) is 38.3 Å². The van der Waals surface area contributed by atoms with E-state index in [0.29, 0.717) is 5.82 Å². The van der Waals surface area contributed by atoms with Gasteiger partial charge in [0, 0.05) is 11.6 Å². The molecule has 4 amide bonds. The molecule has 2 heterocycles. The molecule has 2 N–H and O–H groups in total. The van der Waals surface area contributed by atoms with Crippen LogP contribution in [0.1, 0.15) is 31.6 Å². The zero-order valence-corrected chi connectivity index (χ0v) is 15.3. The topological polar surface area (TPSA) is 117 Å². The van der Waals surface area contributed by atoms with Gasteiger partial charge in [0.25, 0.3) is 0 Å². The van der Waals surface area contributed by atoms with E-state index in [9.17, 15) is 14.4 Å². The molecular formula is C19H21N5O4. The molecule has 1 saturated heterocycles. The summed E-state index contributed by atoms with van der Waals surface area (Å²) in [5, 5.41) is 9.34. The number of nitrogens with one attached hydrogen (secondary N) is 2. The van der Waals surface area contributed by atoms with E-state index in [1.54, 1.807) is 0 Å². The van der Waals surface area contributed by atoms with Crippen molar-refractivity contribution in [2.75, 3.05) is 6.54 Å². The molecule has 0 bridgehead atoms. The predicted octanol–water partition coefficient (Wildman–Crippen LogP) is 1.46. The second kappa shape index (κ2) is 7.79. The third-order valence-corrected chi connectivity index (χ3v) is 5.14. The van der Waals surface area contributed by atoms with E-state index in [0.717, 1.165) is 36.1 Å². The Bertz CT molecular complexity index is 881. The average Bonchev–Trinajstić information content (AvgIpc) is 3.19. The molecule has 1 aromatic carbocycles. The normalized spacial score (nSPS) is 21.8. The van der Waals surface area contributed by atoms with Crippen molar-refractivity contribution in [2.24, 2.45) is 5.92 Å². The molecule has 9 nitrogen and oxygen atoms in total. The van der Waals surface area contributed by atoms with E-state index in [-0.39, 0.29) is 36.8 Å². The van der Waals surface area contributed by atoms with Crippen LogP contribution >= 0.6 is 0 Å². The lowest BCUT2D eigenvalue weighted by molar-refractivity contribution is -0.139. The van der Waals surface area contributed by atoms with Crippen LogP contribution in [-0.4, -0.2) is 45.5 Å². The van der Waals surface area contributed by atoms with E-state index in [4.69, 9.17) is 4.52 Å². The maximum Gasteiger partial charge on any atom is 0.324 e. The van der Waals surface area contributed by atoms with Crippen LogP contribution < -0.4 is 10.6 Å². The largest absolute Gasteiger partial charge is 0.345 e. The van der Waals surface area contributed by atoms with E-state index in [1.165, 1.54) is 0 Å². The van der Waals surface area contributed by atoms with Gasteiger partial charge in [-0.2, -0.15) is 4.98 Å². The Hall–Kier alpha value is -3.23. The Balaban J connectivity index is 1.33. The van der Waals surface area contributed by atoms with Crippen LogP contribution in [0, 0.1) is 5.92 Å². The molecule has 2 atom stereocenters. The number of carbonyl (C=O) groups is 3. The summed E-state index contributed by atoms with van der Waals surface area (Å²) in [5.41, 5.74) is 0.807. The summed E-state index contributed by atoms with van der Waals surface area (Å²) >= 11 is 0. The second-order valence-electron chi connectivity index (χ2n) is 7.03. The standard InChI is InChI=1S/C19H21N5O4/c25-15(11-24-18(26)13-8-4-5-9-14(13)21-19(24)27)20-10-16-22-17(23-28-16)12-6-2-1-3-7-12/h1-3,6-7,13-14H,4-5,8-11H2,(H,20,25)(H,21,27). The number of aromatic nitrogens is 2. The van der Waals surface area contributed by atoms with Gasteiger partial charge in [0.05, 0.1) is 12.5 Å². The van der Waals surface area contributed by atoms with Crippen molar-refractivity contribution in [1.82, 2.24) is 25.7 Å². The summed E-state index contributed by atoms with van der Waals surface area (Å²) < 4.78 is 5.14. The highest BCUT2D eigenvalue weighted by Gasteiger charge is 2.42. The molecule has 2 fully saturated rings. The maximum atomic E-state index is 12.6. The Labute approximate surface area is 161 Å². The van der Waals surface area contributed by atoms with Gasteiger partial charge in [-0.1, -0.05) is 48.3 Å². The number of fused-ring (bicyclic) bond motifs is 1. The van der Waals surface area contributed by atoms with Crippen molar-refractivity contribution in [1.29, 1.82) is 0 Å². The van der Waals surface area contributed by atoms with Gasteiger partial charge in [0.2, 0.25) is 23.5 Å². The first-order valence-corrected chi connectivity index (χ1v) is 9.38. The minimum atomic E-state index is -0.507. The lowest BCUT2D eigenvalue weighted by Gasteiger charge is -2.39. The molecule has 0 spiro atoms. The molecule has 1 saturated carbocycles. The quantitative estimate of drug-likeness (QED) is 0.807. The molecule has 28 heavy (non-hydrogen) atoms. The smallest absolute Gasteiger partial charge is 0.324 e. The number of hydrogen-bond donors (Lipinski definition) is 2. The molecule has 146 valence electrons. The number of nitrogens with zero attached hydrogens (tertiary/aromatic N) is 3. The van der Waals surface area contributed by atoms with Crippen molar-refractivity contribution in [3.8, 4) is 11.4 Å². The number of amides is 4. The summed E-state index contributed by atoms with van der Waals surface area (Å²) in [6.45, 7) is -0.304. The fourth-order valence-electron chi connectivity index (χ4n) is 3.69. The highest BCUT2D eigenvalue weighted by atomic mass is 16.5. The summed E-state index contributed by atoms with van der Waals surface area (Å²) in [4.78, 5) is 42.2. The van der Waals surface area contributed by atoms with Crippen molar-refractivity contribution < 1.29 is 18.9 Å². The SMILES string of the molecule is O=C(CN1C(=O)NC2CCCCC2C1=O)NCc1nc(-c2ccccc2)no1. The Morgan fingerprint density at radius 2 is 2.00 bits per heavy atom. The van der Waals surface area contributed by atoms with Gasteiger partial charge in [-0.15, -0.1) is 0 Å². The number of urea groups is 1. The number of imide groups is 1. The Morgan fingerprint density at radius 3 is 2.82 bits per heavy atom. The van der Waals surface area contributed by atoms with E-state index in [2.05, 4.69) is 20.8 Å². The molecule has 0 radical (unpaired) electrons. The van der Waals surface area contributed by atoms with Gasteiger partial charge in [-0.25, -0.2) is 4.79 Å². The number of benzene rings is 1. The van der Waals surface area contributed by atoms with E-state index >= 15 is 0 Å². The van der Waals surface area contributed by atoms with Crippen LogP contribution in [0.15, 0.2) is 34.9 Å². The van der Waals surface area contributed by atoms with E-state index in [1.807, 2.05) is 30.3 Å². The Morgan fingerprint density at radius 1 is 1.21 bits per heavy atom. The minimum Gasteiger partial charge on any atom is -0.345 e. The first kappa shape index (κ1) is 18.1. The highest BCUT2D eigenvalue weighted by Crippen LogP contribution is 2.29. The van der Waals surface area contributed by atoms with Gasteiger partial charge in [-0.3, -0.25) is 14.5 Å². The molecule has 9 heteroatoms. The van der Waals surface area contributed by atoms with Crippen LogP contribution in [0.2, 0.25) is 0 Å². The van der Waals surface area contributed by atoms with Crippen molar-refractivity contribution in [3.05, 3.63) is 36.2 Å². The van der Waals surface area contributed by atoms with Crippen molar-refractivity contribution >= 4 is 17.8 Å². The molecule has 2 aliphatic rings. The van der Waals surface area contributed by atoms with Crippen LogP contribution in [0.4, 0.5) is 4.79 Å². The monoisotopic (exact) mass is 383 g/mol. The maximum absolute atomic E-state index is 12.6. The molecule has 4 rings (SSSR count). The first-order chi connectivity index (χ1) is 13.6. The number of hydrogen-bond acceptors (Lipinski definition) is 6. The third kappa shape index (κ3) is 3.73. The number of rotatable bonds is 5. The van der Waals surface area contributed by atoms with Gasteiger partial charge < -0.3 is 15.2 Å². The summed E-state index contributed by atoms with van der Waals surface area (Å²) in [7, 11) is 0. The predicted molar refractivity (Wildman–Crippen MR) is 97.6 cm³/mol. The zero-order valence-electron chi connectivity index (χ0n) is 15.3. The fourth-order valence-corrected chi connectivity index (χ4v) is 3.69. The molecule has 1 aliphatic heterocycles. The van der Waals surface area contributed by atoms with Crippen molar-refractivity contribution in [3.63, 3.8) is 0 Å². The van der Waals surface area contributed by atoms with Crippen LogP contribution in [0.3, 0.4) is 0 Å². The van der Waals surface area contributed by atoms with Crippen LogP contribution in [0.5, 0.6) is 0 Å². The van der Waals surface area contributed by atoms with Crippen LogP contribution in [0.25, 0.3) is 11.4 Å². The lowest BCUT2D eigenvalue weighted by Crippen LogP contribution is -2.62. The second-order valence-corrected chi connectivity index (χ2v) is 7.03. The average molecular weight is 383 g/mol. The summed E-state index contributed by atoms with van der Waals surface area (Å²) in [6, 6.07) is 8.71. The third-order valence-electron chi connectivity index (χ3n) is 5.14. The molecule has 2 aromatic rings. The minimum absolute atomic E-state index is 0.0222. The van der Waals surface area contributed by atoms with Gasteiger partial charge >= 0.3 is 6.03 Å². The van der Waals surface area contributed by atoms with Crippen LogP contribution in [-0.2, 0) is 16.1 Å². The number of carbonyl (C=O) groups excluding carboxylic acids is 3. The van der Waals surface area contributed by atoms with Gasteiger partial charge in [0.1, 0.15) is 6.54 Å². The fraction of sp³-hybridized carbons (Fsp3) is 0.421. The highest BCUT2D eigenvalue weighted by molar-refractivity contribution is 6.01. The van der Waals surface area contributed by atoms with E-state index < -0.39 is 11.9 Å². The molecule has 1 aliphatic carbocycles. The first-order valence-electron chi connectivity index (χ1n) is 9.38. The summed E-state index contributed by atoms with van der Waals surface area (Å²) in [5.74, 6) is -0.290. The Kier molecular flexibility index (Phi) is 5.05. The zero-order chi connectivity index (χ0) is 19.5.